The van der Waals surface area contributed by atoms with Crippen LogP contribution >= 0.6 is 11.8 Å². The molecule has 0 unspecified atom stereocenters. The summed E-state index contributed by atoms with van der Waals surface area (Å²) in [6, 6.07) is -1.91. The highest BCUT2D eigenvalue weighted by molar-refractivity contribution is 7.99. The number of ketones is 1. The van der Waals surface area contributed by atoms with E-state index in [0.29, 0.717) is 11.5 Å². The van der Waals surface area contributed by atoms with Crippen LogP contribution in [0.25, 0.3) is 0 Å². The Balaban J connectivity index is 4.65. The van der Waals surface area contributed by atoms with E-state index in [0.717, 1.165) is 25.7 Å². The minimum Gasteiger partial charge on any atom is -0.345 e. The molecule has 0 aromatic carbocycles. The number of hydrazine groups is 1. The molecule has 35 heavy (non-hydrogen) atoms. The van der Waals surface area contributed by atoms with Gasteiger partial charge in [0.1, 0.15) is 6.04 Å². The third kappa shape index (κ3) is 16.8. The van der Waals surface area contributed by atoms with Gasteiger partial charge >= 0.3 is 0 Å². The van der Waals surface area contributed by atoms with E-state index in [-0.39, 0.29) is 18.7 Å². The number of hydrogen-bond acceptors (Lipinski definition) is 7. The molecule has 0 aliphatic carbocycles. The molecular formula is C25H43N5O4S. The number of nitrogens with one attached hydrogen (secondary N) is 3. The lowest BCUT2D eigenvalue weighted by Crippen LogP contribution is -2.52. The summed E-state index contributed by atoms with van der Waals surface area (Å²) in [7, 11) is 0. The summed E-state index contributed by atoms with van der Waals surface area (Å²) in [5.74, 6) is 4.11. The Hall–Kier alpha value is -2.43. The first kappa shape index (κ1) is 32.6. The Labute approximate surface area is 213 Å². The van der Waals surface area contributed by atoms with Crippen molar-refractivity contribution in [1.82, 2.24) is 16.1 Å². The van der Waals surface area contributed by atoms with Crippen LogP contribution in [0.5, 0.6) is 0 Å². The van der Waals surface area contributed by atoms with Crippen LogP contribution in [0, 0.1) is 0 Å². The normalized spacial score (nSPS) is 13.5. The van der Waals surface area contributed by atoms with Gasteiger partial charge in [-0.2, -0.15) is 11.8 Å². The van der Waals surface area contributed by atoms with Crippen molar-refractivity contribution in [3.05, 3.63) is 34.9 Å². The van der Waals surface area contributed by atoms with Crippen molar-refractivity contribution in [2.75, 3.05) is 18.1 Å². The average molecular weight is 510 g/mol. The van der Waals surface area contributed by atoms with Gasteiger partial charge in [0.05, 0.1) is 19.0 Å². The molecule has 0 aliphatic rings. The molecule has 10 heteroatoms. The van der Waals surface area contributed by atoms with Crippen LogP contribution in [0.2, 0.25) is 0 Å². The van der Waals surface area contributed by atoms with E-state index in [1.807, 2.05) is 5.43 Å². The second-order valence-corrected chi connectivity index (χ2v) is 9.83. The first-order valence-electron chi connectivity index (χ1n) is 11.8. The fraction of sp³-hybridized carbons (Fsp3) is 0.600. The molecule has 3 amide bonds. The van der Waals surface area contributed by atoms with Gasteiger partial charge in [-0.25, -0.2) is 5.84 Å². The molecule has 2 atom stereocenters. The smallest absolute Gasteiger partial charge is 0.256 e. The Bertz CT molecular complexity index is 804. The maximum Gasteiger partial charge on any atom is 0.256 e. The quantitative estimate of drug-likeness (QED) is 0.0660. The molecule has 7 N–H and O–H groups in total. The maximum atomic E-state index is 12.4. The number of amides is 3. The lowest BCUT2D eigenvalue weighted by Gasteiger charge is -2.19. The molecule has 0 heterocycles. The summed E-state index contributed by atoms with van der Waals surface area (Å²) in [4.78, 5) is 47.7. The standard InChI is InChI=1S/C25H43N5O4S/c1-17(2)8-6-9-18(3)10-7-11-19(4)12-13-35-16-22(23(32)15-26)29-24(33)14-21(25(34)30-27)28-20(5)31/h8,10,12,21-22H,6-7,9,11,13-16,26-27H2,1-5H3,(H,28,31)(H,29,33)(H,30,34)/b18-10+,19-12+/t21-,22-/m0/s1. The lowest BCUT2D eigenvalue weighted by molar-refractivity contribution is -0.132. The van der Waals surface area contributed by atoms with E-state index in [4.69, 9.17) is 11.6 Å². The Morgan fingerprint density at radius 3 is 2.00 bits per heavy atom. The van der Waals surface area contributed by atoms with Crippen LogP contribution in [0.15, 0.2) is 34.9 Å². The van der Waals surface area contributed by atoms with E-state index < -0.39 is 29.8 Å². The van der Waals surface area contributed by atoms with Crippen molar-refractivity contribution in [1.29, 1.82) is 0 Å². The molecule has 0 fully saturated rings. The van der Waals surface area contributed by atoms with Gasteiger partial charge in [0.2, 0.25) is 11.8 Å². The Morgan fingerprint density at radius 2 is 1.46 bits per heavy atom. The summed E-state index contributed by atoms with van der Waals surface area (Å²) in [6.45, 7) is 9.49. The van der Waals surface area contributed by atoms with Crippen LogP contribution in [0.3, 0.4) is 0 Å². The van der Waals surface area contributed by atoms with Crippen molar-refractivity contribution >= 4 is 35.3 Å². The summed E-state index contributed by atoms with van der Waals surface area (Å²) in [5.41, 5.74) is 11.4. The number of thioether (sulfide) groups is 1. The molecule has 0 spiro atoms. The zero-order valence-electron chi connectivity index (χ0n) is 21.7. The van der Waals surface area contributed by atoms with Crippen molar-refractivity contribution in [2.45, 2.75) is 78.8 Å². The summed E-state index contributed by atoms with van der Waals surface area (Å²) < 4.78 is 0. The molecule has 0 aliphatic heterocycles. The van der Waals surface area contributed by atoms with Crippen LogP contribution < -0.4 is 27.6 Å². The zero-order valence-corrected chi connectivity index (χ0v) is 22.6. The van der Waals surface area contributed by atoms with Gasteiger partial charge < -0.3 is 16.4 Å². The van der Waals surface area contributed by atoms with Crippen molar-refractivity contribution in [2.24, 2.45) is 11.6 Å². The number of carbonyl (C=O) groups is 4. The largest absolute Gasteiger partial charge is 0.345 e. The van der Waals surface area contributed by atoms with Gasteiger partial charge in [-0.3, -0.25) is 24.6 Å². The molecular weight excluding hydrogens is 466 g/mol. The van der Waals surface area contributed by atoms with Gasteiger partial charge in [-0.05, 0) is 53.4 Å². The Kier molecular flexibility index (Phi) is 17.5. The second kappa shape index (κ2) is 18.8. The minimum atomic E-state index is -1.13. The number of rotatable bonds is 17. The number of carbonyl (C=O) groups excluding carboxylic acids is 4. The molecule has 0 aromatic rings. The van der Waals surface area contributed by atoms with Crippen molar-refractivity contribution < 1.29 is 19.2 Å². The van der Waals surface area contributed by atoms with E-state index in [1.165, 1.54) is 35.4 Å². The number of Topliss-reactive ketones (excluding diaryl/α,β-unsaturated/α-hetero) is 1. The van der Waals surface area contributed by atoms with Crippen LogP contribution in [-0.2, 0) is 19.2 Å². The van der Waals surface area contributed by atoms with Crippen molar-refractivity contribution in [3.63, 3.8) is 0 Å². The first-order chi connectivity index (χ1) is 16.5. The van der Waals surface area contributed by atoms with Gasteiger partial charge in [0.25, 0.3) is 5.91 Å². The predicted octanol–water partition coefficient (Wildman–Crippen LogP) is 2.04. The molecule has 9 nitrogen and oxygen atoms in total. The van der Waals surface area contributed by atoms with E-state index >= 15 is 0 Å². The summed E-state index contributed by atoms with van der Waals surface area (Å²) in [5, 5.41) is 4.97. The third-order valence-corrected chi connectivity index (χ3v) is 6.08. The molecule has 0 saturated heterocycles. The molecule has 0 bridgehead atoms. The number of allylic oxidation sites excluding steroid dienone is 5. The topological polar surface area (TPSA) is 156 Å². The highest BCUT2D eigenvalue weighted by Gasteiger charge is 2.25. The molecule has 198 valence electrons. The third-order valence-electron chi connectivity index (χ3n) is 5.11. The van der Waals surface area contributed by atoms with Crippen molar-refractivity contribution in [3.8, 4) is 0 Å². The zero-order chi connectivity index (χ0) is 26.8. The monoisotopic (exact) mass is 509 g/mol. The van der Waals surface area contributed by atoms with E-state index in [1.54, 1.807) is 0 Å². The van der Waals surface area contributed by atoms with Crippen LogP contribution in [0.4, 0.5) is 0 Å². The summed E-state index contributed by atoms with van der Waals surface area (Å²) in [6.07, 6.45) is 10.4. The minimum absolute atomic E-state index is 0.210. The summed E-state index contributed by atoms with van der Waals surface area (Å²) >= 11 is 1.51. The van der Waals surface area contributed by atoms with Gasteiger partial charge in [0.15, 0.2) is 5.78 Å². The van der Waals surface area contributed by atoms with E-state index in [2.05, 4.69) is 56.6 Å². The van der Waals surface area contributed by atoms with E-state index in [9.17, 15) is 19.2 Å². The maximum absolute atomic E-state index is 12.4. The van der Waals surface area contributed by atoms with Gasteiger partial charge in [-0.1, -0.05) is 34.9 Å². The first-order valence-corrected chi connectivity index (χ1v) is 13.0. The SMILES string of the molecule is CC(=O)N[C@@H](CC(=O)N[C@@H](CSC/C=C(\C)CC/C=C(\C)CCC=C(C)C)C(=O)CN)C(=O)NN. The van der Waals surface area contributed by atoms with Crippen LogP contribution in [-0.4, -0.2) is 53.6 Å². The van der Waals surface area contributed by atoms with Gasteiger partial charge in [0, 0.05) is 18.4 Å². The number of nitrogens with two attached hydrogens (primary N) is 2. The molecule has 0 rings (SSSR count). The Morgan fingerprint density at radius 1 is 0.857 bits per heavy atom. The second-order valence-electron chi connectivity index (χ2n) is 8.75. The predicted molar refractivity (Wildman–Crippen MR) is 143 cm³/mol. The highest BCUT2D eigenvalue weighted by atomic mass is 32.2. The molecule has 0 aromatic heterocycles. The highest BCUT2D eigenvalue weighted by Crippen LogP contribution is 2.13. The van der Waals surface area contributed by atoms with Crippen LogP contribution in [0.1, 0.15) is 66.7 Å². The lowest BCUT2D eigenvalue weighted by atomic mass is 10.1. The van der Waals surface area contributed by atoms with Gasteiger partial charge in [-0.15, -0.1) is 0 Å². The molecule has 0 saturated carbocycles. The fourth-order valence-corrected chi connectivity index (χ4v) is 4.12. The number of hydrogen-bond donors (Lipinski definition) is 5. The molecule has 0 radical (unpaired) electrons. The fourth-order valence-electron chi connectivity index (χ4n) is 3.08. The average Bonchev–Trinajstić information content (AvgIpc) is 2.78.